The highest BCUT2D eigenvalue weighted by Crippen LogP contribution is 2.24. The number of carbonyl (C=O) groups is 1. The van der Waals surface area contributed by atoms with Crippen LogP contribution in [0.3, 0.4) is 0 Å². The number of benzene rings is 1. The molecule has 0 saturated carbocycles. The summed E-state index contributed by atoms with van der Waals surface area (Å²) in [6.45, 7) is 4.27. The number of pyridine rings is 1. The molecule has 2 aromatic heterocycles. The lowest BCUT2D eigenvalue weighted by molar-refractivity contribution is 0.0667. The Morgan fingerprint density at radius 3 is 2.81 bits per heavy atom. The van der Waals surface area contributed by atoms with Crippen molar-refractivity contribution in [2.45, 2.75) is 6.54 Å². The summed E-state index contributed by atoms with van der Waals surface area (Å²) in [5.74, 6) is -0.0448. The molecule has 0 spiro atoms. The van der Waals surface area contributed by atoms with E-state index in [9.17, 15) is 4.79 Å². The predicted molar refractivity (Wildman–Crippen MR) is 110 cm³/mol. The number of anilines is 1. The molecular formula is C20H23N5OS. The van der Waals surface area contributed by atoms with Crippen LogP contribution in [-0.2, 0) is 6.54 Å². The first kappa shape index (κ1) is 17.9. The van der Waals surface area contributed by atoms with Gasteiger partial charge in [0.25, 0.3) is 5.91 Å². The summed E-state index contributed by atoms with van der Waals surface area (Å²) in [4.78, 5) is 20.1. The summed E-state index contributed by atoms with van der Waals surface area (Å²) in [6, 6.07) is 12.1. The minimum Gasteiger partial charge on any atom is -0.380 e. The van der Waals surface area contributed by atoms with Gasteiger partial charge in [-0.05, 0) is 36.2 Å². The number of nitrogens with zero attached hydrogens (tertiary/aromatic N) is 3. The molecule has 0 bridgehead atoms. The van der Waals surface area contributed by atoms with Crippen LogP contribution < -0.4 is 10.7 Å². The number of amides is 1. The van der Waals surface area contributed by atoms with Crippen LogP contribution in [0.25, 0.3) is 10.9 Å². The number of hydrogen-bond donors (Lipinski definition) is 2. The zero-order valence-electron chi connectivity index (χ0n) is 15.3. The molecule has 1 aliphatic heterocycles. The van der Waals surface area contributed by atoms with E-state index in [1.807, 2.05) is 46.9 Å². The minimum absolute atomic E-state index is 0.0448. The Balaban J connectivity index is 1.43. The van der Waals surface area contributed by atoms with Crippen molar-refractivity contribution in [2.24, 2.45) is 0 Å². The van der Waals surface area contributed by atoms with E-state index in [1.165, 1.54) is 11.3 Å². The topological polar surface area (TPSA) is 60.5 Å². The predicted octanol–water partition coefficient (Wildman–Crippen LogP) is 2.80. The molecule has 1 amide bonds. The molecule has 1 aliphatic rings. The maximum atomic E-state index is 12.7. The largest absolute Gasteiger partial charge is 0.380 e. The van der Waals surface area contributed by atoms with E-state index in [0.717, 1.165) is 48.3 Å². The highest BCUT2D eigenvalue weighted by molar-refractivity contribution is 7.12. The molecule has 1 saturated heterocycles. The van der Waals surface area contributed by atoms with Crippen molar-refractivity contribution in [3.63, 3.8) is 0 Å². The first-order valence-corrected chi connectivity index (χ1v) is 9.97. The highest BCUT2D eigenvalue weighted by Gasteiger charge is 2.19. The second-order valence-corrected chi connectivity index (χ2v) is 7.65. The zero-order valence-corrected chi connectivity index (χ0v) is 16.1. The SMILES string of the molecule is CN1CCN(NC(=O)c2sccc2NCc2ccnc3ccccc23)CC1. The Bertz CT molecular complexity index is 928. The van der Waals surface area contributed by atoms with E-state index < -0.39 is 0 Å². The van der Waals surface area contributed by atoms with Crippen LogP contribution in [-0.4, -0.2) is 54.0 Å². The third kappa shape index (κ3) is 4.10. The van der Waals surface area contributed by atoms with Crippen molar-refractivity contribution in [3.8, 4) is 0 Å². The average molecular weight is 382 g/mol. The summed E-state index contributed by atoms with van der Waals surface area (Å²) in [7, 11) is 2.10. The van der Waals surface area contributed by atoms with E-state index in [0.29, 0.717) is 11.4 Å². The van der Waals surface area contributed by atoms with Crippen LogP contribution in [0.15, 0.2) is 48.0 Å². The fourth-order valence-corrected chi connectivity index (χ4v) is 4.00. The monoisotopic (exact) mass is 381 g/mol. The zero-order chi connectivity index (χ0) is 18.6. The quantitative estimate of drug-likeness (QED) is 0.712. The van der Waals surface area contributed by atoms with Crippen LogP contribution in [0.1, 0.15) is 15.2 Å². The Labute approximate surface area is 162 Å². The molecule has 7 heteroatoms. The standard InChI is InChI=1S/C20H23N5OS/c1-24-9-11-25(12-10-24)23-20(26)19-18(7-13-27-19)22-14-15-6-8-21-17-5-3-2-4-16(15)17/h2-8,13,22H,9-12,14H2,1H3,(H,23,26). The lowest BCUT2D eigenvalue weighted by Gasteiger charge is -2.32. The number of carbonyl (C=O) groups excluding carboxylic acids is 1. The van der Waals surface area contributed by atoms with Crippen molar-refractivity contribution >= 4 is 33.8 Å². The van der Waals surface area contributed by atoms with Gasteiger partial charge < -0.3 is 10.2 Å². The molecule has 140 valence electrons. The van der Waals surface area contributed by atoms with Gasteiger partial charge in [0.05, 0.1) is 11.2 Å². The van der Waals surface area contributed by atoms with Gasteiger partial charge in [0.15, 0.2) is 0 Å². The smallest absolute Gasteiger partial charge is 0.277 e. The number of hydrogen-bond acceptors (Lipinski definition) is 6. The van der Waals surface area contributed by atoms with Gasteiger partial charge in [-0.15, -0.1) is 11.3 Å². The maximum Gasteiger partial charge on any atom is 0.277 e. The van der Waals surface area contributed by atoms with Crippen molar-refractivity contribution in [1.82, 2.24) is 20.3 Å². The highest BCUT2D eigenvalue weighted by atomic mass is 32.1. The summed E-state index contributed by atoms with van der Waals surface area (Å²) in [5, 5.41) is 8.51. The lowest BCUT2D eigenvalue weighted by Crippen LogP contribution is -2.52. The molecule has 0 aliphatic carbocycles. The normalized spacial score (nSPS) is 15.7. The number of likely N-dealkylation sites (N-methyl/N-ethyl adjacent to an activating group) is 1. The van der Waals surface area contributed by atoms with Crippen molar-refractivity contribution in [2.75, 3.05) is 38.5 Å². The maximum absolute atomic E-state index is 12.7. The molecule has 1 fully saturated rings. The second kappa shape index (κ2) is 8.04. The molecule has 2 N–H and O–H groups in total. The summed E-state index contributed by atoms with van der Waals surface area (Å²) < 4.78 is 0. The van der Waals surface area contributed by atoms with Crippen molar-refractivity contribution < 1.29 is 4.79 Å². The van der Waals surface area contributed by atoms with Gasteiger partial charge in [-0.25, -0.2) is 5.01 Å². The molecular weight excluding hydrogens is 358 g/mol. The van der Waals surface area contributed by atoms with Crippen LogP contribution in [0.5, 0.6) is 0 Å². The van der Waals surface area contributed by atoms with Gasteiger partial charge in [0.2, 0.25) is 0 Å². The third-order valence-corrected chi connectivity index (χ3v) is 5.76. The summed E-state index contributed by atoms with van der Waals surface area (Å²) in [5.41, 5.74) is 6.05. The van der Waals surface area contributed by atoms with E-state index in [2.05, 4.69) is 33.7 Å². The number of para-hydroxylation sites is 1. The van der Waals surface area contributed by atoms with E-state index in [1.54, 1.807) is 0 Å². The molecule has 3 aromatic rings. The molecule has 0 atom stereocenters. The lowest BCUT2D eigenvalue weighted by atomic mass is 10.1. The van der Waals surface area contributed by atoms with Gasteiger partial charge in [0, 0.05) is 44.3 Å². The Morgan fingerprint density at radius 2 is 1.96 bits per heavy atom. The van der Waals surface area contributed by atoms with Crippen molar-refractivity contribution in [1.29, 1.82) is 0 Å². The number of piperazine rings is 1. The number of rotatable bonds is 5. The van der Waals surface area contributed by atoms with Gasteiger partial charge >= 0.3 is 0 Å². The summed E-state index contributed by atoms with van der Waals surface area (Å²) in [6.07, 6.45) is 1.83. The van der Waals surface area contributed by atoms with E-state index in [-0.39, 0.29) is 5.91 Å². The molecule has 27 heavy (non-hydrogen) atoms. The van der Waals surface area contributed by atoms with E-state index in [4.69, 9.17) is 0 Å². The van der Waals surface area contributed by atoms with Gasteiger partial charge in [-0.3, -0.25) is 15.2 Å². The van der Waals surface area contributed by atoms with E-state index >= 15 is 0 Å². The molecule has 4 rings (SSSR count). The minimum atomic E-state index is -0.0448. The Hall–Kier alpha value is -2.48. The fraction of sp³-hybridized carbons (Fsp3) is 0.300. The number of hydrazine groups is 1. The Kier molecular flexibility index (Phi) is 5.33. The van der Waals surface area contributed by atoms with Gasteiger partial charge in [-0.2, -0.15) is 0 Å². The molecule has 3 heterocycles. The first-order chi connectivity index (χ1) is 13.2. The number of thiophene rings is 1. The third-order valence-electron chi connectivity index (χ3n) is 4.84. The molecule has 0 radical (unpaired) electrons. The fourth-order valence-electron chi connectivity index (χ4n) is 3.24. The Morgan fingerprint density at radius 1 is 1.15 bits per heavy atom. The van der Waals surface area contributed by atoms with Crippen molar-refractivity contribution in [3.05, 3.63) is 58.4 Å². The number of nitrogens with one attached hydrogen (secondary N) is 2. The molecule has 6 nitrogen and oxygen atoms in total. The van der Waals surface area contributed by atoms with Crippen LogP contribution in [0.4, 0.5) is 5.69 Å². The average Bonchev–Trinajstić information content (AvgIpc) is 3.17. The first-order valence-electron chi connectivity index (χ1n) is 9.09. The summed E-state index contributed by atoms with van der Waals surface area (Å²) >= 11 is 1.46. The van der Waals surface area contributed by atoms with Crippen LogP contribution in [0, 0.1) is 0 Å². The molecule has 0 unspecified atom stereocenters. The molecule has 1 aromatic carbocycles. The van der Waals surface area contributed by atoms with Crippen LogP contribution >= 0.6 is 11.3 Å². The van der Waals surface area contributed by atoms with Gasteiger partial charge in [0.1, 0.15) is 4.88 Å². The second-order valence-electron chi connectivity index (χ2n) is 6.74. The number of fused-ring (bicyclic) bond motifs is 1. The van der Waals surface area contributed by atoms with Gasteiger partial charge in [-0.1, -0.05) is 18.2 Å². The number of aromatic nitrogens is 1. The van der Waals surface area contributed by atoms with Crippen LogP contribution in [0.2, 0.25) is 0 Å².